The topological polar surface area (TPSA) is 29.1 Å². The molecule has 0 saturated heterocycles. The Morgan fingerprint density at radius 3 is 2.38 bits per heavy atom. The molecule has 0 heterocycles. The van der Waals surface area contributed by atoms with E-state index in [1.165, 1.54) is 0 Å². The van der Waals surface area contributed by atoms with Crippen LogP contribution in [0.1, 0.15) is 6.92 Å². The number of hydrogen-bond donors (Lipinski definition) is 1. The summed E-state index contributed by atoms with van der Waals surface area (Å²) in [4.78, 5) is 10.4. The zero-order valence-electron chi connectivity index (χ0n) is 4.86. The van der Waals surface area contributed by atoms with Crippen molar-refractivity contribution in [2.24, 2.45) is 0 Å². The second-order valence-corrected chi connectivity index (χ2v) is 3.05. The molecule has 0 aromatic rings. The Morgan fingerprint density at radius 1 is 1.75 bits per heavy atom. The normalized spacial score (nSPS) is 11.1. The van der Waals surface area contributed by atoms with Gasteiger partial charge in [0.1, 0.15) is 0 Å². The highest BCUT2D eigenvalue weighted by Gasteiger charge is 1.87. The van der Waals surface area contributed by atoms with Gasteiger partial charge < -0.3 is 5.32 Å². The van der Waals surface area contributed by atoms with Crippen LogP contribution in [-0.2, 0) is 4.79 Å². The molecule has 0 aliphatic heterocycles. The van der Waals surface area contributed by atoms with Crippen molar-refractivity contribution < 1.29 is 4.79 Å². The Labute approximate surface area is 62.5 Å². The van der Waals surface area contributed by atoms with Crippen LogP contribution in [0.25, 0.3) is 0 Å². The van der Waals surface area contributed by atoms with Gasteiger partial charge in [0, 0.05) is 13.1 Å². The number of nitrogens with one attached hydrogen (secondary N) is 1. The number of carbonyl (C=O) groups excluding carboxylic acids is 1. The molecule has 8 heavy (non-hydrogen) atoms. The van der Waals surface area contributed by atoms with Crippen molar-refractivity contribution >= 4 is 28.5 Å². The lowest BCUT2D eigenvalue weighted by Crippen LogP contribution is -2.14. The predicted molar refractivity (Wildman–Crippen MR) is 41.8 cm³/mol. The van der Waals surface area contributed by atoms with Crippen LogP contribution in [0, 0.1) is 0 Å². The minimum Gasteiger partial charge on any atom is -0.356 e. The van der Waals surface area contributed by atoms with Gasteiger partial charge in [-0.15, -0.1) is 0 Å². The van der Waals surface area contributed by atoms with Crippen LogP contribution in [0.4, 0.5) is 0 Å². The van der Waals surface area contributed by atoms with Crippen molar-refractivity contribution in [2.45, 2.75) is 6.92 Å². The fourth-order valence-electron chi connectivity index (χ4n) is 0.253. The first-order valence-electron chi connectivity index (χ1n) is 2.22. The van der Waals surface area contributed by atoms with Crippen LogP contribution in [-0.4, -0.2) is 13.0 Å². The molecule has 46 valence electrons. The van der Waals surface area contributed by atoms with Crippen molar-refractivity contribution in [3.05, 3.63) is 9.66 Å². The highest BCUT2D eigenvalue weighted by molar-refractivity contribution is 14.1. The summed E-state index contributed by atoms with van der Waals surface area (Å²) in [6, 6.07) is 0. The monoisotopic (exact) mass is 225 g/mol. The Morgan fingerprint density at radius 2 is 2.25 bits per heavy atom. The second-order valence-electron chi connectivity index (χ2n) is 1.35. The zero-order valence-corrected chi connectivity index (χ0v) is 7.02. The first-order valence-corrected chi connectivity index (χ1v) is 3.30. The number of likely N-dealkylation sites (N-methyl/N-ethyl adjacent to an activating group) is 1. The number of amides is 1. The first-order chi connectivity index (χ1) is 3.66. The molecule has 0 aliphatic carbocycles. The summed E-state index contributed by atoms with van der Waals surface area (Å²) in [6.07, 6.45) is 1.54. The third-order valence-electron chi connectivity index (χ3n) is 0.576. The van der Waals surface area contributed by atoms with Crippen LogP contribution in [0.5, 0.6) is 0 Å². The molecule has 0 aromatic heterocycles. The summed E-state index contributed by atoms with van der Waals surface area (Å²) in [6.45, 7) is 1.87. The molecule has 2 nitrogen and oxygen atoms in total. The van der Waals surface area contributed by atoms with E-state index in [0.29, 0.717) is 0 Å². The van der Waals surface area contributed by atoms with Gasteiger partial charge in [0.2, 0.25) is 5.91 Å². The number of rotatable bonds is 1. The predicted octanol–water partition coefficient (Wildman–Crippen LogP) is 1.07. The maximum atomic E-state index is 10.4. The van der Waals surface area contributed by atoms with E-state index in [1.807, 2.05) is 6.92 Å². The van der Waals surface area contributed by atoms with Crippen LogP contribution < -0.4 is 5.32 Å². The van der Waals surface area contributed by atoms with E-state index in [4.69, 9.17) is 0 Å². The van der Waals surface area contributed by atoms with Gasteiger partial charge in [-0.2, -0.15) is 0 Å². The van der Waals surface area contributed by atoms with Gasteiger partial charge in [-0.1, -0.05) is 0 Å². The third-order valence-corrected chi connectivity index (χ3v) is 0.888. The summed E-state index contributed by atoms with van der Waals surface area (Å²) in [5.74, 6) is -0.0445. The fourth-order valence-corrected chi connectivity index (χ4v) is 0.536. The molecule has 0 bridgehead atoms. The molecule has 3 heteroatoms. The number of hydrogen-bond acceptors (Lipinski definition) is 1. The number of halogens is 1. The summed E-state index contributed by atoms with van der Waals surface area (Å²) < 4.78 is 0.988. The van der Waals surface area contributed by atoms with E-state index in [9.17, 15) is 4.79 Å². The highest BCUT2D eigenvalue weighted by Crippen LogP contribution is 2.00. The van der Waals surface area contributed by atoms with Crippen molar-refractivity contribution in [1.29, 1.82) is 0 Å². The molecule has 0 spiro atoms. The molecular formula is C5H8INO. The second kappa shape index (κ2) is 3.88. The summed E-state index contributed by atoms with van der Waals surface area (Å²) in [7, 11) is 1.61. The van der Waals surface area contributed by atoms with Crippen molar-refractivity contribution in [3.8, 4) is 0 Å². The van der Waals surface area contributed by atoms with E-state index in [1.54, 1.807) is 13.1 Å². The average molecular weight is 225 g/mol. The third kappa shape index (κ3) is 4.11. The van der Waals surface area contributed by atoms with Gasteiger partial charge in [0.05, 0.1) is 0 Å². The Kier molecular flexibility index (Phi) is 3.85. The molecule has 0 atom stereocenters. The van der Waals surface area contributed by atoms with Crippen molar-refractivity contribution in [1.82, 2.24) is 5.32 Å². The van der Waals surface area contributed by atoms with Crippen LogP contribution in [0.2, 0.25) is 0 Å². The molecule has 0 aromatic carbocycles. The Bertz CT molecular complexity index is 116. The molecule has 1 N–H and O–H groups in total. The lowest BCUT2D eigenvalue weighted by Gasteiger charge is -1.88. The molecule has 0 radical (unpaired) electrons. The van der Waals surface area contributed by atoms with Crippen molar-refractivity contribution in [2.75, 3.05) is 7.05 Å². The van der Waals surface area contributed by atoms with Crippen LogP contribution in [0.15, 0.2) is 9.66 Å². The summed E-state index contributed by atoms with van der Waals surface area (Å²) in [5.41, 5.74) is 0. The van der Waals surface area contributed by atoms with E-state index in [2.05, 4.69) is 27.9 Å². The van der Waals surface area contributed by atoms with Crippen LogP contribution >= 0.6 is 22.6 Å². The molecule has 0 unspecified atom stereocenters. The molecule has 0 fully saturated rings. The quantitative estimate of drug-likeness (QED) is 0.524. The minimum atomic E-state index is -0.0445. The average Bonchev–Trinajstić information content (AvgIpc) is 1.65. The smallest absolute Gasteiger partial charge is 0.244 e. The van der Waals surface area contributed by atoms with E-state index in [0.717, 1.165) is 3.58 Å². The molecule has 0 saturated carbocycles. The van der Waals surface area contributed by atoms with Gasteiger partial charge in [-0.25, -0.2) is 0 Å². The van der Waals surface area contributed by atoms with Crippen molar-refractivity contribution in [3.63, 3.8) is 0 Å². The Hall–Kier alpha value is -0.0600. The SMILES string of the molecule is CNC(=O)/C=C(\C)I. The highest BCUT2D eigenvalue weighted by atomic mass is 127. The molecular weight excluding hydrogens is 217 g/mol. The van der Waals surface area contributed by atoms with Gasteiger partial charge >= 0.3 is 0 Å². The molecule has 1 amide bonds. The maximum Gasteiger partial charge on any atom is 0.244 e. The largest absolute Gasteiger partial charge is 0.356 e. The van der Waals surface area contributed by atoms with Gasteiger partial charge in [-0.05, 0) is 33.1 Å². The van der Waals surface area contributed by atoms with E-state index < -0.39 is 0 Å². The maximum absolute atomic E-state index is 10.4. The van der Waals surface area contributed by atoms with Crippen LogP contribution in [0.3, 0.4) is 0 Å². The fraction of sp³-hybridized carbons (Fsp3) is 0.400. The lowest BCUT2D eigenvalue weighted by atomic mass is 10.5. The number of carbonyl (C=O) groups is 1. The first kappa shape index (κ1) is 7.94. The summed E-state index contributed by atoms with van der Waals surface area (Å²) >= 11 is 2.08. The number of allylic oxidation sites excluding steroid dienone is 1. The van der Waals surface area contributed by atoms with Gasteiger partial charge in [-0.3, -0.25) is 4.79 Å². The minimum absolute atomic E-state index is 0.0445. The molecule has 0 rings (SSSR count). The van der Waals surface area contributed by atoms with Gasteiger partial charge in [0.25, 0.3) is 0 Å². The van der Waals surface area contributed by atoms with E-state index >= 15 is 0 Å². The van der Waals surface area contributed by atoms with Gasteiger partial charge in [0.15, 0.2) is 0 Å². The zero-order chi connectivity index (χ0) is 6.57. The standard InChI is InChI=1S/C5H8INO/c1-4(6)3-5(8)7-2/h3H,1-2H3,(H,7,8)/b4-3+. The summed E-state index contributed by atoms with van der Waals surface area (Å²) in [5, 5.41) is 2.48. The molecule has 0 aliphatic rings. The van der Waals surface area contributed by atoms with E-state index in [-0.39, 0.29) is 5.91 Å². The lowest BCUT2D eigenvalue weighted by molar-refractivity contribution is -0.116. The Balaban J connectivity index is 3.70.